The fraction of sp³-hybridized carbons (Fsp3) is 0.409. The second-order valence-electron chi connectivity index (χ2n) is 7.25. The van der Waals surface area contributed by atoms with Crippen LogP contribution in [0.5, 0.6) is 0 Å². The van der Waals surface area contributed by atoms with Crippen LogP contribution in [0.4, 0.5) is 5.69 Å². The number of carbonyl (C=O) groups excluding carboxylic acids is 1. The predicted molar refractivity (Wildman–Crippen MR) is 117 cm³/mol. The Kier molecular flexibility index (Phi) is 6.98. The Morgan fingerprint density at radius 2 is 1.72 bits per heavy atom. The van der Waals surface area contributed by atoms with Crippen molar-refractivity contribution >= 4 is 33.2 Å². The van der Waals surface area contributed by atoms with E-state index in [0.29, 0.717) is 35.8 Å². The normalized spacial score (nSPS) is 16.0. The van der Waals surface area contributed by atoms with Gasteiger partial charge in [0.1, 0.15) is 0 Å². The van der Waals surface area contributed by atoms with E-state index in [1.807, 2.05) is 26.0 Å². The Morgan fingerprint density at radius 1 is 1.07 bits per heavy atom. The smallest absolute Gasteiger partial charge is 0.243 e. The lowest BCUT2D eigenvalue weighted by Crippen LogP contribution is -2.41. The number of rotatable bonds is 6. The number of hydrogen-bond acceptors (Lipinski definition) is 3. The monoisotopic (exact) mass is 434 g/mol. The third-order valence-electron chi connectivity index (χ3n) is 5.53. The lowest BCUT2D eigenvalue weighted by molar-refractivity contribution is -0.120. The number of carbonyl (C=O) groups is 1. The van der Waals surface area contributed by atoms with Crippen molar-refractivity contribution in [1.29, 1.82) is 0 Å². The van der Waals surface area contributed by atoms with Crippen LogP contribution in [-0.4, -0.2) is 31.7 Å². The van der Waals surface area contributed by atoms with Crippen LogP contribution in [0.25, 0.3) is 0 Å². The van der Waals surface area contributed by atoms with Crippen LogP contribution in [0, 0.1) is 5.92 Å². The minimum Gasteiger partial charge on any atom is -0.325 e. The van der Waals surface area contributed by atoms with Crippen LogP contribution >= 0.6 is 11.6 Å². The molecule has 29 heavy (non-hydrogen) atoms. The molecule has 156 valence electrons. The van der Waals surface area contributed by atoms with E-state index in [2.05, 4.69) is 5.32 Å². The Morgan fingerprint density at radius 3 is 2.31 bits per heavy atom. The van der Waals surface area contributed by atoms with Crippen LogP contribution in [0.3, 0.4) is 0 Å². The largest absolute Gasteiger partial charge is 0.325 e. The van der Waals surface area contributed by atoms with Gasteiger partial charge in [0, 0.05) is 29.7 Å². The standard InChI is InChI=1S/C22H27ClN2O3S/c1-3-16-10-11-20(23)19(4-2)21(16)24-22(26)17-12-14-25(15-13-17)29(27,28)18-8-6-5-7-9-18/h5-11,17H,3-4,12-15H2,1-2H3,(H,24,26). The molecule has 1 heterocycles. The van der Waals surface area contributed by atoms with Crippen LogP contribution in [-0.2, 0) is 27.7 Å². The summed E-state index contributed by atoms with van der Waals surface area (Å²) in [5, 5.41) is 3.74. The SMILES string of the molecule is CCc1ccc(Cl)c(CC)c1NC(=O)C1CCN(S(=O)(=O)c2ccccc2)CC1. The van der Waals surface area contributed by atoms with Gasteiger partial charge in [0.05, 0.1) is 4.90 Å². The van der Waals surface area contributed by atoms with Crippen molar-refractivity contribution in [2.24, 2.45) is 5.92 Å². The van der Waals surface area contributed by atoms with Gasteiger partial charge in [-0.15, -0.1) is 0 Å². The quantitative estimate of drug-likeness (QED) is 0.727. The summed E-state index contributed by atoms with van der Waals surface area (Å²) < 4.78 is 27.0. The minimum atomic E-state index is -3.51. The molecule has 0 spiro atoms. The van der Waals surface area contributed by atoms with E-state index in [1.54, 1.807) is 30.3 Å². The fourth-order valence-electron chi connectivity index (χ4n) is 3.79. The molecule has 2 aromatic carbocycles. The third kappa shape index (κ3) is 4.65. The molecule has 0 aliphatic carbocycles. The maximum Gasteiger partial charge on any atom is 0.243 e. The molecule has 0 saturated carbocycles. The molecule has 0 radical (unpaired) electrons. The highest BCUT2D eigenvalue weighted by Crippen LogP contribution is 2.31. The molecule has 0 bridgehead atoms. The second kappa shape index (κ2) is 9.28. The number of nitrogens with one attached hydrogen (secondary N) is 1. The fourth-order valence-corrected chi connectivity index (χ4v) is 5.57. The first-order valence-electron chi connectivity index (χ1n) is 10.0. The summed E-state index contributed by atoms with van der Waals surface area (Å²) in [5.74, 6) is -0.279. The number of piperidine rings is 1. The summed E-state index contributed by atoms with van der Waals surface area (Å²) in [6, 6.07) is 12.3. The Hall–Kier alpha value is -1.89. The van der Waals surface area contributed by atoms with E-state index in [0.717, 1.165) is 29.7 Å². The van der Waals surface area contributed by atoms with Gasteiger partial charge in [-0.05, 0) is 55.0 Å². The van der Waals surface area contributed by atoms with Crippen molar-refractivity contribution in [2.75, 3.05) is 18.4 Å². The van der Waals surface area contributed by atoms with Crippen LogP contribution in [0.15, 0.2) is 47.4 Å². The molecular weight excluding hydrogens is 408 g/mol. The summed E-state index contributed by atoms with van der Waals surface area (Å²) in [6.07, 6.45) is 2.53. The first-order chi connectivity index (χ1) is 13.9. The number of amides is 1. The number of benzene rings is 2. The molecule has 0 unspecified atom stereocenters. The Bertz CT molecular complexity index is 969. The minimum absolute atomic E-state index is 0.0616. The zero-order valence-electron chi connectivity index (χ0n) is 16.8. The van der Waals surface area contributed by atoms with Crippen molar-refractivity contribution in [1.82, 2.24) is 4.31 Å². The molecular formula is C22H27ClN2O3S. The first kappa shape index (κ1) is 21.8. The molecule has 0 aromatic heterocycles. The van der Waals surface area contributed by atoms with E-state index in [4.69, 9.17) is 11.6 Å². The maximum atomic E-state index is 12.9. The van der Waals surface area contributed by atoms with Gasteiger partial charge in [-0.25, -0.2) is 8.42 Å². The molecule has 1 aliphatic heterocycles. The summed E-state index contributed by atoms with van der Waals surface area (Å²) in [6.45, 7) is 4.74. The van der Waals surface area contributed by atoms with Gasteiger partial charge in [0.25, 0.3) is 0 Å². The van der Waals surface area contributed by atoms with E-state index in [1.165, 1.54) is 4.31 Å². The number of halogens is 1. The molecule has 1 amide bonds. The molecule has 0 atom stereocenters. The molecule has 2 aromatic rings. The predicted octanol–water partition coefficient (Wildman–Crippen LogP) is 4.50. The molecule has 7 heteroatoms. The van der Waals surface area contributed by atoms with Gasteiger partial charge >= 0.3 is 0 Å². The van der Waals surface area contributed by atoms with Gasteiger partial charge in [-0.3, -0.25) is 4.79 Å². The Balaban J connectivity index is 1.69. The van der Waals surface area contributed by atoms with E-state index in [-0.39, 0.29) is 11.8 Å². The van der Waals surface area contributed by atoms with Crippen molar-refractivity contribution < 1.29 is 13.2 Å². The molecule has 3 rings (SSSR count). The van der Waals surface area contributed by atoms with Crippen LogP contribution < -0.4 is 5.32 Å². The van der Waals surface area contributed by atoms with Gasteiger partial charge < -0.3 is 5.32 Å². The van der Waals surface area contributed by atoms with E-state index in [9.17, 15) is 13.2 Å². The third-order valence-corrected chi connectivity index (χ3v) is 7.80. The molecule has 5 nitrogen and oxygen atoms in total. The van der Waals surface area contributed by atoms with Crippen molar-refractivity contribution in [2.45, 2.75) is 44.4 Å². The van der Waals surface area contributed by atoms with Crippen LogP contribution in [0.2, 0.25) is 5.02 Å². The van der Waals surface area contributed by atoms with Gasteiger partial charge in [0.2, 0.25) is 15.9 Å². The van der Waals surface area contributed by atoms with E-state index >= 15 is 0 Å². The highest BCUT2D eigenvalue weighted by Gasteiger charge is 2.32. The number of nitrogens with zero attached hydrogens (tertiary/aromatic N) is 1. The Labute approximate surface area is 178 Å². The average molecular weight is 435 g/mol. The number of anilines is 1. The highest BCUT2D eigenvalue weighted by atomic mass is 35.5. The average Bonchev–Trinajstić information content (AvgIpc) is 2.75. The number of aryl methyl sites for hydroxylation is 1. The van der Waals surface area contributed by atoms with Crippen molar-refractivity contribution in [3.05, 3.63) is 58.6 Å². The summed E-state index contributed by atoms with van der Waals surface area (Å²) in [5.41, 5.74) is 2.82. The van der Waals surface area contributed by atoms with Gasteiger partial charge in [0.15, 0.2) is 0 Å². The van der Waals surface area contributed by atoms with Crippen molar-refractivity contribution in [3.63, 3.8) is 0 Å². The zero-order valence-corrected chi connectivity index (χ0v) is 18.4. The summed E-state index contributed by atoms with van der Waals surface area (Å²) in [7, 11) is -3.51. The van der Waals surface area contributed by atoms with Gasteiger partial charge in [-0.2, -0.15) is 4.31 Å². The lowest BCUT2D eigenvalue weighted by atomic mass is 9.96. The van der Waals surface area contributed by atoms with Crippen molar-refractivity contribution in [3.8, 4) is 0 Å². The zero-order chi connectivity index (χ0) is 21.0. The maximum absolute atomic E-state index is 12.9. The summed E-state index contributed by atoms with van der Waals surface area (Å²) >= 11 is 6.33. The molecule has 1 N–H and O–H groups in total. The topological polar surface area (TPSA) is 66.5 Å². The van der Waals surface area contributed by atoms with Crippen LogP contribution in [0.1, 0.15) is 37.8 Å². The lowest BCUT2D eigenvalue weighted by Gasteiger charge is -2.31. The summed E-state index contributed by atoms with van der Waals surface area (Å²) in [4.78, 5) is 13.2. The molecule has 1 fully saturated rings. The van der Waals surface area contributed by atoms with E-state index < -0.39 is 10.0 Å². The second-order valence-corrected chi connectivity index (χ2v) is 9.59. The van der Waals surface area contributed by atoms with Gasteiger partial charge in [-0.1, -0.05) is 49.7 Å². The number of sulfonamides is 1. The highest BCUT2D eigenvalue weighted by molar-refractivity contribution is 7.89. The molecule has 1 aliphatic rings. The number of hydrogen-bond donors (Lipinski definition) is 1. The molecule has 1 saturated heterocycles. The first-order valence-corrected chi connectivity index (χ1v) is 11.9.